The summed E-state index contributed by atoms with van der Waals surface area (Å²) < 4.78 is 28.4. The van der Waals surface area contributed by atoms with Gasteiger partial charge in [0, 0.05) is 25.2 Å². The van der Waals surface area contributed by atoms with Crippen LogP contribution in [0.25, 0.3) is 0 Å². The molecule has 0 aliphatic carbocycles. The Labute approximate surface area is 106 Å². The summed E-state index contributed by atoms with van der Waals surface area (Å²) in [4.78, 5) is 13.7. The van der Waals surface area contributed by atoms with Gasteiger partial charge in [-0.25, -0.2) is 8.78 Å². The Hall–Kier alpha value is -0.750. The molecule has 104 valence electrons. The Morgan fingerprint density at radius 1 is 1.33 bits per heavy atom. The third kappa shape index (κ3) is 3.88. The van der Waals surface area contributed by atoms with Crippen molar-refractivity contribution in [2.24, 2.45) is 0 Å². The van der Waals surface area contributed by atoms with Gasteiger partial charge >= 0.3 is 0 Å². The highest BCUT2D eigenvalue weighted by molar-refractivity contribution is 5.76. The van der Waals surface area contributed by atoms with E-state index in [0.29, 0.717) is 12.1 Å². The lowest BCUT2D eigenvalue weighted by Gasteiger charge is -2.24. The highest BCUT2D eigenvalue weighted by Gasteiger charge is 2.30. The van der Waals surface area contributed by atoms with Gasteiger partial charge in [0.25, 0.3) is 6.43 Å². The first-order valence-corrected chi connectivity index (χ1v) is 6.55. The summed E-state index contributed by atoms with van der Waals surface area (Å²) in [5, 5.41) is 3.50. The fraction of sp³-hybridized carbons (Fsp3) is 0.917. The van der Waals surface area contributed by atoms with E-state index >= 15 is 0 Å². The molecule has 2 aliphatic heterocycles. The van der Waals surface area contributed by atoms with Crippen molar-refractivity contribution < 1.29 is 18.3 Å². The molecule has 2 bridgehead atoms. The van der Waals surface area contributed by atoms with Crippen LogP contribution in [0.5, 0.6) is 0 Å². The summed E-state index contributed by atoms with van der Waals surface area (Å²) in [5.41, 5.74) is 0. The van der Waals surface area contributed by atoms with Crippen LogP contribution in [0.2, 0.25) is 0 Å². The number of fused-ring (bicyclic) bond motifs is 2. The Morgan fingerprint density at radius 3 is 2.89 bits per heavy atom. The molecule has 2 heterocycles. The first kappa shape index (κ1) is 13.7. The predicted molar refractivity (Wildman–Crippen MR) is 62.6 cm³/mol. The molecular weight excluding hydrogens is 242 g/mol. The molecule has 4 nitrogen and oxygen atoms in total. The molecule has 1 N–H and O–H groups in total. The fourth-order valence-corrected chi connectivity index (χ4v) is 2.66. The molecule has 2 rings (SSSR count). The summed E-state index contributed by atoms with van der Waals surface area (Å²) in [6.07, 6.45) is 1.04. The lowest BCUT2D eigenvalue weighted by molar-refractivity contribution is -0.133. The first-order chi connectivity index (χ1) is 8.65. The second kappa shape index (κ2) is 6.43. The van der Waals surface area contributed by atoms with E-state index in [9.17, 15) is 13.6 Å². The Morgan fingerprint density at radius 2 is 2.11 bits per heavy atom. The first-order valence-electron chi connectivity index (χ1n) is 6.55. The average Bonchev–Trinajstić information content (AvgIpc) is 2.64. The summed E-state index contributed by atoms with van der Waals surface area (Å²) in [6, 6.07) is 0.950. The van der Waals surface area contributed by atoms with Gasteiger partial charge in [-0.2, -0.15) is 0 Å². The maximum absolute atomic E-state index is 11.9. The zero-order chi connectivity index (χ0) is 13.0. The number of rotatable bonds is 5. The number of nitrogens with zero attached hydrogens (tertiary/aromatic N) is 1. The number of halogens is 2. The third-order valence-electron chi connectivity index (χ3n) is 3.58. The molecule has 18 heavy (non-hydrogen) atoms. The maximum atomic E-state index is 11.9. The highest BCUT2D eigenvalue weighted by atomic mass is 19.3. The van der Waals surface area contributed by atoms with Crippen LogP contribution in [0.4, 0.5) is 8.78 Å². The van der Waals surface area contributed by atoms with Gasteiger partial charge < -0.3 is 15.0 Å². The van der Waals surface area contributed by atoms with Gasteiger partial charge in [-0.1, -0.05) is 0 Å². The van der Waals surface area contributed by atoms with E-state index in [4.69, 9.17) is 4.74 Å². The molecule has 2 atom stereocenters. The molecule has 0 aromatic rings. The van der Waals surface area contributed by atoms with Crippen molar-refractivity contribution >= 4 is 5.91 Å². The van der Waals surface area contributed by atoms with Gasteiger partial charge in [-0.05, 0) is 19.3 Å². The molecule has 6 heteroatoms. The quantitative estimate of drug-likeness (QED) is 0.752. The standard InChI is InChI=1S/C12H20F2N2O2/c13-11(14)8-18-6-4-12(17)16-5-3-9-1-2-10(7-16)15-9/h9-11,15H,1-8H2. The smallest absolute Gasteiger partial charge is 0.261 e. The summed E-state index contributed by atoms with van der Waals surface area (Å²) in [5.74, 6) is 0.0126. The zero-order valence-corrected chi connectivity index (χ0v) is 10.4. The Bertz CT molecular complexity index is 289. The third-order valence-corrected chi connectivity index (χ3v) is 3.58. The molecule has 1 amide bonds. The second-order valence-electron chi connectivity index (χ2n) is 4.98. The van der Waals surface area contributed by atoms with E-state index in [0.717, 1.165) is 25.9 Å². The minimum atomic E-state index is -2.46. The molecule has 0 saturated carbocycles. The van der Waals surface area contributed by atoms with Crippen LogP contribution >= 0.6 is 0 Å². The van der Waals surface area contributed by atoms with E-state index in [1.165, 1.54) is 6.42 Å². The van der Waals surface area contributed by atoms with Crippen LogP contribution in [-0.4, -0.2) is 55.6 Å². The largest absolute Gasteiger partial charge is 0.375 e. The molecule has 2 aliphatic rings. The van der Waals surface area contributed by atoms with Crippen molar-refractivity contribution in [3.8, 4) is 0 Å². The van der Waals surface area contributed by atoms with Gasteiger partial charge in [-0.15, -0.1) is 0 Å². The molecule has 0 aromatic carbocycles. The number of likely N-dealkylation sites (tertiary alicyclic amines) is 1. The molecule has 0 radical (unpaired) electrons. The van der Waals surface area contributed by atoms with Gasteiger partial charge in [0.05, 0.1) is 13.0 Å². The van der Waals surface area contributed by atoms with Gasteiger partial charge in [0.2, 0.25) is 5.91 Å². The highest BCUT2D eigenvalue weighted by Crippen LogP contribution is 2.20. The molecule has 2 saturated heterocycles. The van der Waals surface area contributed by atoms with Gasteiger partial charge in [0.15, 0.2) is 0 Å². The van der Waals surface area contributed by atoms with Crippen LogP contribution in [0.3, 0.4) is 0 Å². The summed E-state index contributed by atoms with van der Waals surface area (Å²) in [7, 11) is 0. The zero-order valence-electron chi connectivity index (χ0n) is 10.4. The Balaban J connectivity index is 1.68. The van der Waals surface area contributed by atoms with Crippen molar-refractivity contribution in [1.82, 2.24) is 10.2 Å². The predicted octanol–water partition coefficient (Wildman–Crippen LogP) is 1.01. The van der Waals surface area contributed by atoms with Crippen molar-refractivity contribution in [2.45, 2.75) is 44.2 Å². The van der Waals surface area contributed by atoms with E-state index in [1.807, 2.05) is 4.90 Å². The molecule has 0 spiro atoms. The van der Waals surface area contributed by atoms with Crippen LogP contribution in [0, 0.1) is 0 Å². The van der Waals surface area contributed by atoms with Gasteiger partial charge in [0.1, 0.15) is 6.61 Å². The second-order valence-corrected chi connectivity index (χ2v) is 4.98. The SMILES string of the molecule is O=C(CCOCC(F)F)N1CCC2CCC(C1)N2. The number of alkyl halides is 2. The van der Waals surface area contributed by atoms with Crippen molar-refractivity contribution in [2.75, 3.05) is 26.3 Å². The number of nitrogens with one attached hydrogen (secondary N) is 1. The van der Waals surface area contributed by atoms with Crippen LogP contribution in [-0.2, 0) is 9.53 Å². The number of amides is 1. The topological polar surface area (TPSA) is 41.6 Å². The number of carbonyl (C=O) groups is 1. The van der Waals surface area contributed by atoms with Gasteiger partial charge in [-0.3, -0.25) is 4.79 Å². The lowest BCUT2D eigenvalue weighted by Crippen LogP contribution is -2.39. The Kier molecular flexibility index (Phi) is 4.88. The molecule has 2 fully saturated rings. The van der Waals surface area contributed by atoms with Crippen molar-refractivity contribution in [3.63, 3.8) is 0 Å². The lowest BCUT2D eigenvalue weighted by atomic mass is 10.1. The maximum Gasteiger partial charge on any atom is 0.261 e. The number of hydrogen-bond acceptors (Lipinski definition) is 3. The van der Waals surface area contributed by atoms with E-state index in [2.05, 4.69) is 5.32 Å². The molecule has 2 unspecified atom stereocenters. The van der Waals surface area contributed by atoms with E-state index in [-0.39, 0.29) is 18.9 Å². The summed E-state index contributed by atoms with van der Waals surface area (Å²) in [6.45, 7) is 1.01. The monoisotopic (exact) mass is 262 g/mol. The number of carbonyl (C=O) groups excluding carboxylic acids is 1. The molecular formula is C12H20F2N2O2. The van der Waals surface area contributed by atoms with E-state index in [1.54, 1.807) is 0 Å². The van der Waals surface area contributed by atoms with Crippen LogP contribution in [0.1, 0.15) is 25.7 Å². The molecule has 0 aromatic heterocycles. The van der Waals surface area contributed by atoms with Crippen LogP contribution < -0.4 is 5.32 Å². The average molecular weight is 262 g/mol. The van der Waals surface area contributed by atoms with Crippen LogP contribution in [0.15, 0.2) is 0 Å². The minimum Gasteiger partial charge on any atom is -0.375 e. The van der Waals surface area contributed by atoms with Crippen molar-refractivity contribution in [1.29, 1.82) is 0 Å². The van der Waals surface area contributed by atoms with Crippen molar-refractivity contribution in [3.05, 3.63) is 0 Å². The fourth-order valence-electron chi connectivity index (χ4n) is 2.66. The minimum absolute atomic E-state index is 0.0126. The number of ether oxygens (including phenoxy) is 1. The summed E-state index contributed by atoms with van der Waals surface area (Å²) >= 11 is 0. The number of hydrogen-bond donors (Lipinski definition) is 1. The normalized spacial score (nSPS) is 27.6. The van der Waals surface area contributed by atoms with E-state index < -0.39 is 13.0 Å².